The molecule has 0 bridgehead atoms. The molecule has 0 spiro atoms. The van der Waals surface area contributed by atoms with Crippen LogP contribution in [0.3, 0.4) is 0 Å². The molecular formula is C18H11F3N2O5. The van der Waals surface area contributed by atoms with Crippen molar-refractivity contribution >= 4 is 17.6 Å². The molecular weight excluding hydrogens is 381 g/mol. The number of nitrogens with one attached hydrogen (secondary N) is 1. The molecule has 2 aromatic carbocycles. The van der Waals surface area contributed by atoms with Gasteiger partial charge in [0, 0.05) is 11.3 Å². The van der Waals surface area contributed by atoms with Gasteiger partial charge in [-0.3, -0.25) is 4.79 Å². The molecule has 144 valence electrons. The Hall–Kier alpha value is -3.82. The molecule has 10 heteroatoms. The highest BCUT2D eigenvalue weighted by Crippen LogP contribution is 2.28. The predicted molar refractivity (Wildman–Crippen MR) is 90.0 cm³/mol. The monoisotopic (exact) mass is 392 g/mol. The number of alkyl halides is 3. The fraction of sp³-hybridized carbons (Fsp3) is 0.0556. The fourth-order valence-corrected chi connectivity index (χ4v) is 2.37. The van der Waals surface area contributed by atoms with Gasteiger partial charge in [-0.1, -0.05) is 35.5 Å². The molecule has 0 saturated carbocycles. The lowest BCUT2D eigenvalue weighted by Crippen LogP contribution is -2.18. The van der Waals surface area contributed by atoms with Crippen LogP contribution in [0.1, 0.15) is 20.8 Å². The van der Waals surface area contributed by atoms with Gasteiger partial charge in [-0.15, -0.1) is 13.2 Å². The molecule has 3 aromatic rings. The Kier molecular flexibility index (Phi) is 5.03. The zero-order chi connectivity index (χ0) is 20.3. The van der Waals surface area contributed by atoms with Gasteiger partial charge in [0.25, 0.3) is 5.91 Å². The third-order valence-corrected chi connectivity index (χ3v) is 3.50. The number of amides is 1. The number of rotatable bonds is 5. The maximum atomic E-state index is 12.6. The van der Waals surface area contributed by atoms with E-state index in [-0.39, 0.29) is 17.0 Å². The van der Waals surface area contributed by atoms with Crippen molar-refractivity contribution in [3.05, 3.63) is 65.9 Å². The summed E-state index contributed by atoms with van der Waals surface area (Å²) < 4.78 is 45.4. The average molecular weight is 392 g/mol. The van der Waals surface area contributed by atoms with Crippen molar-refractivity contribution in [1.82, 2.24) is 5.16 Å². The number of hydrogen-bond donors (Lipinski definition) is 2. The molecule has 7 nitrogen and oxygen atoms in total. The van der Waals surface area contributed by atoms with Gasteiger partial charge >= 0.3 is 12.3 Å². The number of carbonyl (C=O) groups excluding carboxylic acids is 1. The van der Waals surface area contributed by atoms with E-state index in [2.05, 4.69) is 15.2 Å². The van der Waals surface area contributed by atoms with Crippen LogP contribution in [0.25, 0.3) is 11.3 Å². The molecule has 3 rings (SSSR count). The minimum Gasteiger partial charge on any atom is -0.476 e. The van der Waals surface area contributed by atoms with E-state index in [1.807, 2.05) is 0 Å². The van der Waals surface area contributed by atoms with Crippen molar-refractivity contribution in [1.29, 1.82) is 0 Å². The van der Waals surface area contributed by atoms with Crippen molar-refractivity contribution in [3.8, 4) is 17.1 Å². The van der Waals surface area contributed by atoms with Crippen molar-refractivity contribution in [3.63, 3.8) is 0 Å². The number of carboxylic acids is 1. The first-order valence-corrected chi connectivity index (χ1v) is 7.70. The van der Waals surface area contributed by atoms with E-state index in [0.717, 1.165) is 12.1 Å². The van der Waals surface area contributed by atoms with E-state index < -0.39 is 29.7 Å². The number of carboxylic acid groups (broad SMARTS) is 1. The molecule has 1 amide bonds. The third kappa shape index (κ3) is 4.29. The fourth-order valence-electron chi connectivity index (χ4n) is 2.37. The number of hydrogen-bond acceptors (Lipinski definition) is 5. The summed E-state index contributed by atoms with van der Waals surface area (Å²) in [7, 11) is 0. The van der Waals surface area contributed by atoms with E-state index in [1.165, 1.54) is 12.1 Å². The lowest BCUT2D eigenvalue weighted by molar-refractivity contribution is -0.274. The van der Waals surface area contributed by atoms with Gasteiger partial charge in [-0.05, 0) is 24.3 Å². The molecule has 0 aliphatic rings. The maximum Gasteiger partial charge on any atom is 0.573 e. The standard InChI is InChI=1S/C18H11F3N2O5/c19-18(20,21)27-12-8-6-11(7-9-12)22-16(24)13-14(17(25)26)23-28-15(13)10-4-2-1-3-5-10/h1-9H,(H,22,24)(H,25,26). The van der Waals surface area contributed by atoms with Crippen molar-refractivity contribution in [2.75, 3.05) is 5.32 Å². The minimum absolute atomic E-state index is 0.0486. The number of halogens is 3. The second-order valence-electron chi connectivity index (χ2n) is 5.43. The van der Waals surface area contributed by atoms with Gasteiger partial charge in [0.1, 0.15) is 11.3 Å². The van der Waals surface area contributed by atoms with E-state index in [9.17, 15) is 27.9 Å². The van der Waals surface area contributed by atoms with Crippen LogP contribution in [0.4, 0.5) is 18.9 Å². The van der Waals surface area contributed by atoms with Crippen LogP contribution in [-0.4, -0.2) is 28.5 Å². The van der Waals surface area contributed by atoms with Crippen molar-refractivity contribution in [2.24, 2.45) is 0 Å². The van der Waals surface area contributed by atoms with Crippen LogP contribution in [0.2, 0.25) is 0 Å². The smallest absolute Gasteiger partial charge is 0.476 e. The van der Waals surface area contributed by atoms with Crippen LogP contribution in [0, 0.1) is 0 Å². The van der Waals surface area contributed by atoms with Crippen LogP contribution < -0.4 is 10.1 Å². The highest BCUT2D eigenvalue weighted by molar-refractivity contribution is 6.13. The Morgan fingerprint density at radius 2 is 1.68 bits per heavy atom. The number of nitrogens with zero attached hydrogens (tertiary/aromatic N) is 1. The summed E-state index contributed by atoms with van der Waals surface area (Å²) >= 11 is 0. The molecule has 0 unspecified atom stereocenters. The highest BCUT2D eigenvalue weighted by atomic mass is 19.4. The Balaban J connectivity index is 1.88. The van der Waals surface area contributed by atoms with Gasteiger partial charge in [0.2, 0.25) is 5.69 Å². The second-order valence-corrected chi connectivity index (χ2v) is 5.43. The molecule has 0 atom stereocenters. The first kappa shape index (κ1) is 19.0. The Morgan fingerprint density at radius 1 is 1.04 bits per heavy atom. The van der Waals surface area contributed by atoms with E-state index >= 15 is 0 Å². The largest absolute Gasteiger partial charge is 0.573 e. The molecule has 2 N–H and O–H groups in total. The summed E-state index contributed by atoms with van der Waals surface area (Å²) in [6, 6.07) is 12.6. The number of benzene rings is 2. The highest BCUT2D eigenvalue weighted by Gasteiger charge is 2.31. The SMILES string of the molecule is O=C(O)c1noc(-c2ccccc2)c1C(=O)Nc1ccc(OC(F)(F)F)cc1. The first-order chi connectivity index (χ1) is 13.2. The normalized spacial score (nSPS) is 11.1. The van der Waals surface area contributed by atoms with Crippen LogP contribution >= 0.6 is 0 Å². The first-order valence-electron chi connectivity index (χ1n) is 7.70. The Labute approximate surface area is 155 Å². The Morgan fingerprint density at radius 3 is 2.25 bits per heavy atom. The summed E-state index contributed by atoms with van der Waals surface area (Å²) in [5.74, 6) is -2.83. The number of ether oxygens (including phenoxy) is 1. The van der Waals surface area contributed by atoms with Crippen molar-refractivity contribution < 1.29 is 37.1 Å². The lowest BCUT2D eigenvalue weighted by atomic mass is 10.1. The quantitative estimate of drug-likeness (QED) is 0.675. The van der Waals surface area contributed by atoms with E-state index in [1.54, 1.807) is 30.3 Å². The van der Waals surface area contributed by atoms with Gasteiger partial charge < -0.3 is 19.7 Å². The van der Waals surface area contributed by atoms with E-state index in [0.29, 0.717) is 5.56 Å². The molecule has 1 aromatic heterocycles. The molecule has 0 aliphatic heterocycles. The van der Waals surface area contributed by atoms with Crippen LogP contribution in [0.15, 0.2) is 59.1 Å². The second kappa shape index (κ2) is 7.43. The third-order valence-electron chi connectivity index (χ3n) is 3.50. The van der Waals surface area contributed by atoms with Gasteiger partial charge in [-0.2, -0.15) is 0 Å². The van der Waals surface area contributed by atoms with Gasteiger partial charge in [-0.25, -0.2) is 4.79 Å². The van der Waals surface area contributed by atoms with Crippen LogP contribution in [-0.2, 0) is 0 Å². The number of carbonyl (C=O) groups is 2. The van der Waals surface area contributed by atoms with Gasteiger partial charge in [0.05, 0.1) is 0 Å². The van der Waals surface area contributed by atoms with Crippen molar-refractivity contribution in [2.45, 2.75) is 6.36 Å². The summed E-state index contributed by atoms with van der Waals surface area (Å²) in [4.78, 5) is 24.0. The summed E-state index contributed by atoms with van der Waals surface area (Å²) in [5, 5.41) is 15.1. The minimum atomic E-state index is -4.84. The number of aromatic nitrogens is 1. The summed E-state index contributed by atoms with van der Waals surface area (Å²) in [6.07, 6.45) is -4.84. The predicted octanol–water partition coefficient (Wildman–Crippen LogP) is 4.19. The van der Waals surface area contributed by atoms with Gasteiger partial charge in [0.15, 0.2) is 5.76 Å². The topological polar surface area (TPSA) is 102 Å². The Bertz CT molecular complexity index is 998. The number of aromatic carboxylic acids is 1. The molecule has 0 radical (unpaired) electrons. The molecule has 0 aliphatic carbocycles. The molecule has 28 heavy (non-hydrogen) atoms. The zero-order valence-electron chi connectivity index (χ0n) is 13.9. The molecule has 0 saturated heterocycles. The van der Waals surface area contributed by atoms with E-state index in [4.69, 9.17) is 4.52 Å². The summed E-state index contributed by atoms with van der Waals surface area (Å²) in [6.45, 7) is 0. The zero-order valence-corrected chi connectivity index (χ0v) is 13.9. The molecule has 0 fully saturated rings. The average Bonchev–Trinajstić information content (AvgIpc) is 3.08. The summed E-state index contributed by atoms with van der Waals surface area (Å²) in [5.41, 5.74) is -0.347. The maximum absolute atomic E-state index is 12.6. The van der Waals surface area contributed by atoms with Crippen LogP contribution in [0.5, 0.6) is 5.75 Å². The number of anilines is 1. The molecule has 1 heterocycles. The lowest BCUT2D eigenvalue weighted by Gasteiger charge is -2.10.